The predicted octanol–water partition coefficient (Wildman–Crippen LogP) is 5.21. The Morgan fingerprint density at radius 3 is 2.23 bits per heavy atom. The van der Waals surface area contributed by atoms with Crippen LogP contribution in [-0.2, 0) is 23.9 Å². The van der Waals surface area contributed by atoms with Gasteiger partial charge < -0.3 is 25.0 Å². The molecule has 2 N–H and O–H groups in total. The molecular formula is C30H49N3O6. The van der Waals surface area contributed by atoms with Gasteiger partial charge in [-0.1, -0.05) is 63.3 Å². The van der Waals surface area contributed by atoms with Crippen LogP contribution in [0.3, 0.4) is 0 Å². The number of esters is 1. The van der Waals surface area contributed by atoms with Gasteiger partial charge in [0.2, 0.25) is 11.8 Å². The first-order valence-corrected chi connectivity index (χ1v) is 14.2. The molecule has 39 heavy (non-hydrogen) atoms. The molecular weight excluding hydrogens is 498 g/mol. The van der Waals surface area contributed by atoms with Crippen LogP contribution in [0.2, 0.25) is 0 Å². The largest absolute Gasteiger partial charge is 0.466 e. The van der Waals surface area contributed by atoms with E-state index in [0.717, 1.165) is 37.7 Å². The number of alkyl carbamates (subject to hydrolysis) is 1. The number of aryl methyl sites for hydroxylation is 1. The highest BCUT2D eigenvalue weighted by atomic mass is 16.6. The Bertz CT molecular complexity index is 928. The number of hydrogen-bond donors (Lipinski definition) is 2. The number of carbonyl (C=O) groups is 4. The van der Waals surface area contributed by atoms with Gasteiger partial charge in [-0.15, -0.1) is 0 Å². The zero-order valence-electron chi connectivity index (χ0n) is 24.9. The highest BCUT2D eigenvalue weighted by molar-refractivity contribution is 5.92. The molecule has 3 amide bonds. The Morgan fingerprint density at radius 1 is 0.974 bits per heavy atom. The van der Waals surface area contributed by atoms with Crippen LogP contribution in [0.1, 0.15) is 104 Å². The fourth-order valence-electron chi connectivity index (χ4n) is 4.19. The third-order valence-corrected chi connectivity index (χ3v) is 6.12. The number of ether oxygens (including phenoxy) is 2. The Balaban J connectivity index is 3.24. The molecule has 0 saturated heterocycles. The summed E-state index contributed by atoms with van der Waals surface area (Å²) in [5, 5.41) is 5.44. The molecule has 0 heterocycles. The van der Waals surface area contributed by atoms with Crippen molar-refractivity contribution in [2.45, 2.75) is 111 Å². The molecule has 2 unspecified atom stereocenters. The van der Waals surface area contributed by atoms with E-state index in [9.17, 15) is 19.2 Å². The number of hydrogen-bond acceptors (Lipinski definition) is 6. The Hall–Kier alpha value is -3.10. The summed E-state index contributed by atoms with van der Waals surface area (Å²) in [7, 11) is 0. The van der Waals surface area contributed by atoms with Crippen LogP contribution in [0.15, 0.2) is 24.3 Å². The third-order valence-electron chi connectivity index (χ3n) is 6.12. The summed E-state index contributed by atoms with van der Waals surface area (Å²) in [4.78, 5) is 53.2. The standard InChI is InChI=1S/C30H49N3O6/c1-8-10-11-12-13-16-21-33(28(36)23(4)32-29(37)39-30(5,6)7)26(24-18-15-14-17-22(24)3)27(35)31-20-19-25(34)38-9-2/h14-15,17-18,23,26H,8-13,16,19-21H2,1-7H3,(H,31,35)(H,32,37). The topological polar surface area (TPSA) is 114 Å². The van der Waals surface area contributed by atoms with Crippen molar-refractivity contribution in [1.82, 2.24) is 15.5 Å². The van der Waals surface area contributed by atoms with Crippen LogP contribution in [0.4, 0.5) is 4.79 Å². The summed E-state index contributed by atoms with van der Waals surface area (Å²) in [5.41, 5.74) is 0.833. The van der Waals surface area contributed by atoms with Crippen molar-refractivity contribution in [3.63, 3.8) is 0 Å². The van der Waals surface area contributed by atoms with Crippen LogP contribution in [-0.4, -0.2) is 60.1 Å². The molecule has 0 aliphatic heterocycles. The second kappa shape index (κ2) is 17.5. The number of nitrogens with zero attached hydrogens (tertiary/aromatic N) is 1. The molecule has 220 valence electrons. The average molecular weight is 548 g/mol. The molecule has 1 aromatic carbocycles. The molecule has 2 atom stereocenters. The van der Waals surface area contributed by atoms with Gasteiger partial charge in [0.25, 0.3) is 0 Å². The predicted molar refractivity (Wildman–Crippen MR) is 152 cm³/mol. The van der Waals surface area contributed by atoms with E-state index in [4.69, 9.17) is 9.47 Å². The van der Waals surface area contributed by atoms with Crippen molar-refractivity contribution in [3.8, 4) is 0 Å². The van der Waals surface area contributed by atoms with Gasteiger partial charge in [-0.25, -0.2) is 4.79 Å². The highest BCUT2D eigenvalue weighted by Crippen LogP contribution is 2.26. The molecule has 1 aromatic rings. The number of benzene rings is 1. The van der Waals surface area contributed by atoms with E-state index in [2.05, 4.69) is 17.6 Å². The maximum absolute atomic E-state index is 13.8. The number of unbranched alkanes of at least 4 members (excludes halogenated alkanes) is 5. The first kappa shape index (κ1) is 33.9. The van der Waals surface area contributed by atoms with Crippen molar-refractivity contribution >= 4 is 23.9 Å². The van der Waals surface area contributed by atoms with E-state index in [0.29, 0.717) is 18.5 Å². The van der Waals surface area contributed by atoms with Crippen LogP contribution in [0.25, 0.3) is 0 Å². The lowest BCUT2D eigenvalue weighted by molar-refractivity contribution is -0.144. The zero-order chi connectivity index (χ0) is 29.4. The molecule has 0 aliphatic carbocycles. The van der Waals surface area contributed by atoms with E-state index in [1.807, 2.05) is 31.2 Å². The van der Waals surface area contributed by atoms with Gasteiger partial charge in [0.15, 0.2) is 0 Å². The summed E-state index contributed by atoms with van der Waals surface area (Å²) in [5.74, 6) is -1.18. The van der Waals surface area contributed by atoms with Gasteiger partial charge in [0.1, 0.15) is 17.7 Å². The van der Waals surface area contributed by atoms with Gasteiger partial charge >= 0.3 is 12.1 Å². The van der Waals surface area contributed by atoms with Crippen LogP contribution < -0.4 is 10.6 Å². The Morgan fingerprint density at radius 2 is 1.62 bits per heavy atom. The molecule has 0 fully saturated rings. The second-order valence-electron chi connectivity index (χ2n) is 10.8. The molecule has 0 aromatic heterocycles. The van der Waals surface area contributed by atoms with Crippen molar-refractivity contribution in [3.05, 3.63) is 35.4 Å². The number of amides is 3. The normalized spacial score (nSPS) is 12.7. The lowest BCUT2D eigenvalue weighted by Gasteiger charge is -2.34. The second-order valence-corrected chi connectivity index (χ2v) is 10.8. The van der Waals surface area contributed by atoms with Crippen molar-refractivity contribution in [2.75, 3.05) is 19.7 Å². The molecule has 1 rings (SSSR count). The average Bonchev–Trinajstić information content (AvgIpc) is 2.84. The van der Waals surface area contributed by atoms with Crippen molar-refractivity contribution in [2.24, 2.45) is 0 Å². The Labute approximate surface area is 234 Å². The van der Waals surface area contributed by atoms with Crippen LogP contribution in [0.5, 0.6) is 0 Å². The summed E-state index contributed by atoms with van der Waals surface area (Å²) < 4.78 is 10.3. The smallest absolute Gasteiger partial charge is 0.408 e. The molecule has 0 bridgehead atoms. The molecule has 0 saturated carbocycles. The molecule has 0 spiro atoms. The van der Waals surface area contributed by atoms with E-state index in [-0.39, 0.29) is 25.5 Å². The van der Waals surface area contributed by atoms with Crippen molar-refractivity contribution in [1.29, 1.82) is 0 Å². The minimum absolute atomic E-state index is 0.0298. The van der Waals surface area contributed by atoms with Gasteiger partial charge in [-0.2, -0.15) is 0 Å². The van der Waals surface area contributed by atoms with E-state index >= 15 is 0 Å². The molecule has 0 aliphatic rings. The Kier molecular flexibility index (Phi) is 15.2. The zero-order valence-corrected chi connectivity index (χ0v) is 24.9. The minimum Gasteiger partial charge on any atom is -0.466 e. The van der Waals surface area contributed by atoms with Crippen LogP contribution >= 0.6 is 0 Å². The minimum atomic E-state index is -0.931. The summed E-state index contributed by atoms with van der Waals surface area (Å²) in [6, 6.07) is 5.58. The van der Waals surface area contributed by atoms with Gasteiger partial charge in [0.05, 0.1) is 13.0 Å². The lowest BCUT2D eigenvalue weighted by atomic mass is 9.97. The lowest BCUT2D eigenvalue weighted by Crippen LogP contribution is -2.52. The summed E-state index contributed by atoms with van der Waals surface area (Å²) in [6.45, 7) is 13.3. The molecule has 0 radical (unpaired) electrons. The number of nitrogens with one attached hydrogen (secondary N) is 2. The van der Waals surface area contributed by atoms with Gasteiger partial charge in [-0.05, 0) is 59.1 Å². The fourth-order valence-corrected chi connectivity index (χ4v) is 4.19. The first-order valence-electron chi connectivity index (χ1n) is 14.2. The van der Waals surface area contributed by atoms with Gasteiger partial charge in [0, 0.05) is 13.1 Å². The maximum atomic E-state index is 13.8. The quantitative estimate of drug-likeness (QED) is 0.217. The molecule has 9 heteroatoms. The fraction of sp³-hybridized carbons (Fsp3) is 0.667. The molecule has 9 nitrogen and oxygen atoms in total. The van der Waals surface area contributed by atoms with E-state index < -0.39 is 35.7 Å². The number of carbonyl (C=O) groups excluding carboxylic acids is 4. The van der Waals surface area contributed by atoms with E-state index in [1.54, 1.807) is 39.5 Å². The third kappa shape index (κ3) is 13.0. The van der Waals surface area contributed by atoms with Crippen molar-refractivity contribution < 1.29 is 28.7 Å². The summed E-state index contributed by atoms with van der Waals surface area (Å²) >= 11 is 0. The maximum Gasteiger partial charge on any atom is 0.408 e. The van der Waals surface area contributed by atoms with Gasteiger partial charge in [-0.3, -0.25) is 14.4 Å². The monoisotopic (exact) mass is 547 g/mol. The van der Waals surface area contributed by atoms with E-state index in [1.165, 1.54) is 0 Å². The first-order chi connectivity index (χ1) is 18.4. The summed E-state index contributed by atoms with van der Waals surface area (Å²) in [6.07, 6.45) is 5.43. The number of rotatable bonds is 16. The van der Waals surface area contributed by atoms with Crippen LogP contribution in [0, 0.1) is 6.92 Å². The highest BCUT2D eigenvalue weighted by Gasteiger charge is 2.35. The SMILES string of the molecule is CCCCCCCCN(C(=O)C(C)NC(=O)OC(C)(C)C)C(C(=O)NCCC(=O)OCC)c1ccccc1C.